The molecule has 4 rings (SSSR count). The van der Waals surface area contributed by atoms with Crippen molar-refractivity contribution in [3.63, 3.8) is 0 Å². The molecule has 120 valence electrons. The number of pyridine rings is 1. The van der Waals surface area contributed by atoms with Crippen LogP contribution in [-0.4, -0.2) is 4.98 Å². The van der Waals surface area contributed by atoms with E-state index in [1.165, 1.54) is 5.56 Å². The lowest BCUT2D eigenvalue weighted by atomic mass is 10.00. The van der Waals surface area contributed by atoms with Crippen LogP contribution in [0.4, 0.5) is 0 Å². The maximum Gasteiger partial charge on any atom is 0.0715 e. The van der Waals surface area contributed by atoms with E-state index < -0.39 is 0 Å². The largest absolute Gasteiger partial charge is 0.248 e. The minimum atomic E-state index is 0.728. The highest BCUT2D eigenvalue weighted by atomic mass is 35.5. The summed E-state index contributed by atoms with van der Waals surface area (Å²) < 4.78 is 0. The first-order valence-electron chi connectivity index (χ1n) is 8.18. The van der Waals surface area contributed by atoms with Crippen molar-refractivity contribution in [2.24, 2.45) is 0 Å². The monoisotopic (exact) mass is 341 g/mol. The molecule has 0 fully saturated rings. The van der Waals surface area contributed by atoms with Crippen molar-refractivity contribution < 1.29 is 0 Å². The molecule has 0 atom stereocenters. The molecular weight excluding hydrogens is 326 g/mol. The van der Waals surface area contributed by atoms with Crippen LogP contribution in [0.2, 0.25) is 5.02 Å². The van der Waals surface area contributed by atoms with E-state index in [0.29, 0.717) is 0 Å². The standard InChI is InChI=1S/C23H16ClN/c24-21-13-11-19(12-14-21)23-16-20(17-7-3-1-4-8-17)15-22(25-23)18-9-5-2-6-10-18/h1-16H. The van der Waals surface area contributed by atoms with Gasteiger partial charge in [-0.15, -0.1) is 0 Å². The van der Waals surface area contributed by atoms with Crippen LogP contribution in [0.5, 0.6) is 0 Å². The maximum atomic E-state index is 6.03. The summed E-state index contributed by atoms with van der Waals surface area (Å²) in [6.45, 7) is 0. The zero-order valence-electron chi connectivity index (χ0n) is 13.6. The third-order valence-electron chi connectivity index (χ3n) is 4.14. The van der Waals surface area contributed by atoms with Crippen LogP contribution in [0.3, 0.4) is 0 Å². The van der Waals surface area contributed by atoms with Crippen molar-refractivity contribution >= 4 is 11.6 Å². The Kier molecular flexibility index (Phi) is 4.32. The molecule has 4 aromatic rings. The summed E-state index contributed by atoms with van der Waals surface area (Å²) in [6, 6.07) is 32.7. The second-order valence-electron chi connectivity index (χ2n) is 5.87. The summed E-state index contributed by atoms with van der Waals surface area (Å²) in [6.07, 6.45) is 0. The predicted octanol–water partition coefficient (Wildman–Crippen LogP) is 6.74. The Labute approximate surface area is 152 Å². The lowest BCUT2D eigenvalue weighted by molar-refractivity contribution is 1.32. The molecule has 0 aliphatic rings. The number of benzene rings is 3. The lowest BCUT2D eigenvalue weighted by Crippen LogP contribution is -1.91. The van der Waals surface area contributed by atoms with Crippen LogP contribution in [-0.2, 0) is 0 Å². The fraction of sp³-hybridized carbons (Fsp3) is 0. The molecule has 2 heteroatoms. The maximum absolute atomic E-state index is 6.03. The quantitative estimate of drug-likeness (QED) is 0.402. The van der Waals surface area contributed by atoms with E-state index in [1.807, 2.05) is 48.5 Å². The first kappa shape index (κ1) is 15.6. The summed E-state index contributed by atoms with van der Waals surface area (Å²) in [4.78, 5) is 4.89. The first-order chi connectivity index (χ1) is 12.3. The highest BCUT2D eigenvalue weighted by Crippen LogP contribution is 2.30. The van der Waals surface area contributed by atoms with Crippen molar-refractivity contribution in [2.45, 2.75) is 0 Å². The van der Waals surface area contributed by atoms with Gasteiger partial charge in [0.2, 0.25) is 0 Å². The third-order valence-corrected chi connectivity index (χ3v) is 4.39. The van der Waals surface area contributed by atoms with E-state index in [-0.39, 0.29) is 0 Å². The van der Waals surface area contributed by atoms with Crippen molar-refractivity contribution in [2.75, 3.05) is 0 Å². The van der Waals surface area contributed by atoms with Gasteiger partial charge in [0.05, 0.1) is 11.4 Å². The molecule has 0 N–H and O–H groups in total. The van der Waals surface area contributed by atoms with Crippen molar-refractivity contribution in [1.29, 1.82) is 0 Å². The molecular formula is C23H16ClN. The number of rotatable bonds is 3. The van der Waals surface area contributed by atoms with E-state index >= 15 is 0 Å². The number of nitrogens with zero attached hydrogens (tertiary/aromatic N) is 1. The van der Waals surface area contributed by atoms with Crippen LogP contribution in [0, 0.1) is 0 Å². The molecule has 0 bridgehead atoms. The van der Waals surface area contributed by atoms with Gasteiger partial charge in [-0.1, -0.05) is 84.4 Å². The summed E-state index contributed by atoms with van der Waals surface area (Å²) in [5, 5.41) is 0.728. The van der Waals surface area contributed by atoms with Crippen LogP contribution < -0.4 is 0 Å². The second-order valence-corrected chi connectivity index (χ2v) is 6.30. The Hall–Kier alpha value is -2.90. The molecule has 1 aromatic heterocycles. The van der Waals surface area contributed by atoms with Crippen LogP contribution >= 0.6 is 11.6 Å². The van der Waals surface area contributed by atoms with E-state index in [9.17, 15) is 0 Å². The minimum absolute atomic E-state index is 0.728. The van der Waals surface area contributed by atoms with Gasteiger partial charge in [-0.25, -0.2) is 4.98 Å². The van der Waals surface area contributed by atoms with Crippen LogP contribution in [0.15, 0.2) is 97.1 Å². The molecule has 25 heavy (non-hydrogen) atoms. The zero-order chi connectivity index (χ0) is 17.1. The van der Waals surface area contributed by atoms with Gasteiger partial charge in [-0.2, -0.15) is 0 Å². The van der Waals surface area contributed by atoms with Gasteiger partial charge in [0.15, 0.2) is 0 Å². The van der Waals surface area contributed by atoms with Gasteiger partial charge >= 0.3 is 0 Å². The average Bonchev–Trinajstić information content (AvgIpc) is 2.69. The van der Waals surface area contributed by atoms with Gasteiger partial charge in [-0.05, 0) is 35.4 Å². The molecule has 0 unspecified atom stereocenters. The number of halogens is 1. The Balaban J connectivity index is 1.90. The van der Waals surface area contributed by atoms with Crippen molar-refractivity contribution in [1.82, 2.24) is 4.98 Å². The van der Waals surface area contributed by atoms with Crippen LogP contribution in [0.25, 0.3) is 33.6 Å². The minimum Gasteiger partial charge on any atom is -0.248 e. The molecule has 0 amide bonds. The van der Waals surface area contributed by atoms with Crippen molar-refractivity contribution in [3.05, 3.63) is 102 Å². The smallest absolute Gasteiger partial charge is 0.0715 e. The van der Waals surface area contributed by atoms with Gasteiger partial charge in [0, 0.05) is 16.1 Å². The van der Waals surface area contributed by atoms with Gasteiger partial charge < -0.3 is 0 Å². The number of aromatic nitrogens is 1. The molecule has 0 radical (unpaired) electrons. The van der Waals surface area contributed by atoms with E-state index in [2.05, 4.69) is 48.5 Å². The second kappa shape index (κ2) is 6.92. The molecule has 1 heterocycles. The topological polar surface area (TPSA) is 12.9 Å². The molecule has 0 aliphatic heterocycles. The molecule has 0 spiro atoms. The molecule has 3 aromatic carbocycles. The Morgan fingerprint density at radius 1 is 0.480 bits per heavy atom. The number of hydrogen-bond acceptors (Lipinski definition) is 1. The zero-order valence-corrected chi connectivity index (χ0v) is 14.3. The van der Waals surface area contributed by atoms with E-state index in [4.69, 9.17) is 16.6 Å². The summed E-state index contributed by atoms with van der Waals surface area (Å²) in [5.41, 5.74) is 6.40. The third kappa shape index (κ3) is 3.47. The summed E-state index contributed by atoms with van der Waals surface area (Å²) in [7, 11) is 0. The molecule has 0 saturated heterocycles. The first-order valence-corrected chi connectivity index (χ1v) is 8.56. The SMILES string of the molecule is Clc1ccc(-c2cc(-c3ccccc3)cc(-c3ccccc3)n2)cc1. The van der Waals surface area contributed by atoms with Gasteiger partial charge in [0.1, 0.15) is 0 Å². The van der Waals surface area contributed by atoms with Gasteiger partial charge in [-0.3, -0.25) is 0 Å². The van der Waals surface area contributed by atoms with Gasteiger partial charge in [0.25, 0.3) is 0 Å². The molecule has 1 nitrogen and oxygen atoms in total. The summed E-state index contributed by atoms with van der Waals surface area (Å²) >= 11 is 6.03. The Morgan fingerprint density at radius 3 is 1.52 bits per heavy atom. The van der Waals surface area contributed by atoms with E-state index in [0.717, 1.165) is 33.1 Å². The highest BCUT2D eigenvalue weighted by molar-refractivity contribution is 6.30. The molecule has 0 aliphatic carbocycles. The Morgan fingerprint density at radius 2 is 0.960 bits per heavy atom. The average molecular weight is 342 g/mol. The van der Waals surface area contributed by atoms with Crippen LogP contribution in [0.1, 0.15) is 0 Å². The Bertz CT molecular complexity index is 920. The normalized spacial score (nSPS) is 10.6. The fourth-order valence-electron chi connectivity index (χ4n) is 2.85. The number of hydrogen-bond donors (Lipinski definition) is 0. The highest BCUT2D eigenvalue weighted by Gasteiger charge is 2.08. The predicted molar refractivity (Wildman–Crippen MR) is 106 cm³/mol. The summed E-state index contributed by atoms with van der Waals surface area (Å²) in [5.74, 6) is 0. The van der Waals surface area contributed by atoms with E-state index in [1.54, 1.807) is 0 Å². The fourth-order valence-corrected chi connectivity index (χ4v) is 2.98. The lowest BCUT2D eigenvalue weighted by Gasteiger charge is -2.10. The molecule has 0 saturated carbocycles. The van der Waals surface area contributed by atoms with Crippen molar-refractivity contribution in [3.8, 4) is 33.6 Å².